The molecule has 40 heavy (non-hydrogen) atoms. The predicted molar refractivity (Wildman–Crippen MR) is 161 cm³/mol. The molecule has 0 bridgehead atoms. The average Bonchev–Trinajstić information content (AvgIpc) is 2.94. The Kier molecular flexibility index (Phi) is 10.5. The third kappa shape index (κ3) is 7.10. The van der Waals surface area contributed by atoms with Crippen LogP contribution in [0.5, 0.6) is 0 Å². The molecule has 2 atom stereocenters. The van der Waals surface area contributed by atoms with Gasteiger partial charge in [-0.3, -0.25) is 13.9 Å². The van der Waals surface area contributed by atoms with E-state index in [1.54, 1.807) is 30.3 Å². The van der Waals surface area contributed by atoms with Crippen LogP contribution in [0.15, 0.2) is 77.7 Å². The third-order valence-electron chi connectivity index (χ3n) is 7.44. The van der Waals surface area contributed by atoms with Crippen molar-refractivity contribution in [1.82, 2.24) is 10.2 Å². The molecule has 0 unspecified atom stereocenters. The van der Waals surface area contributed by atoms with Crippen molar-refractivity contribution in [2.75, 3.05) is 10.8 Å². The molecule has 0 fully saturated rings. The normalized spacial score (nSPS) is 12.8. The van der Waals surface area contributed by atoms with Crippen LogP contribution >= 0.6 is 0 Å². The molecule has 0 aliphatic heterocycles. The number of hydrogen-bond acceptors (Lipinski definition) is 4. The average molecular weight is 564 g/mol. The minimum Gasteiger partial charge on any atom is -0.352 e. The topological polar surface area (TPSA) is 86.8 Å². The van der Waals surface area contributed by atoms with Crippen LogP contribution in [0.25, 0.3) is 0 Å². The van der Waals surface area contributed by atoms with E-state index in [0.29, 0.717) is 12.1 Å². The molecule has 0 spiro atoms. The van der Waals surface area contributed by atoms with E-state index in [1.807, 2.05) is 71.9 Å². The van der Waals surface area contributed by atoms with Gasteiger partial charge in [-0.05, 0) is 81.0 Å². The van der Waals surface area contributed by atoms with Crippen LogP contribution in [0.2, 0.25) is 0 Å². The summed E-state index contributed by atoms with van der Waals surface area (Å²) in [5.74, 6) is -0.696. The van der Waals surface area contributed by atoms with Crippen molar-refractivity contribution in [3.63, 3.8) is 0 Å². The standard InChI is InChI=1S/C32H41N3O4S/c1-7-25(5)33-32(37)29(8-2)34(21-27-17-13-12-15-24(27)4)31(36)22-35(30-20-14-16-23(3)26(30)6)40(38,39)28-18-10-9-11-19-28/h9-20,25,29H,7-8,21-22H2,1-6H3,(H,33,37)/t25-,29+/m1/s1. The van der Waals surface area contributed by atoms with E-state index >= 15 is 0 Å². The van der Waals surface area contributed by atoms with Crippen LogP contribution in [0.4, 0.5) is 5.69 Å². The first-order chi connectivity index (χ1) is 19.0. The lowest BCUT2D eigenvalue weighted by Crippen LogP contribution is -2.53. The van der Waals surface area contributed by atoms with Gasteiger partial charge in [0.1, 0.15) is 12.6 Å². The molecular weight excluding hydrogens is 522 g/mol. The summed E-state index contributed by atoms with van der Waals surface area (Å²) in [6.45, 7) is 11.2. The number of benzene rings is 3. The van der Waals surface area contributed by atoms with E-state index < -0.39 is 28.5 Å². The van der Waals surface area contributed by atoms with Crippen molar-refractivity contribution in [2.24, 2.45) is 0 Å². The Morgan fingerprint density at radius 3 is 2.08 bits per heavy atom. The van der Waals surface area contributed by atoms with E-state index in [0.717, 1.165) is 28.7 Å². The van der Waals surface area contributed by atoms with Crippen molar-refractivity contribution in [2.45, 2.75) is 77.9 Å². The molecule has 0 saturated carbocycles. The summed E-state index contributed by atoms with van der Waals surface area (Å²) < 4.78 is 29.2. The summed E-state index contributed by atoms with van der Waals surface area (Å²) in [6.07, 6.45) is 1.14. The highest BCUT2D eigenvalue weighted by Crippen LogP contribution is 2.29. The second-order valence-electron chi connectivity index (χ2n) is 10.2. The number of aryl methyl sites for hydroxylation is 2. The summed E-state index contributed by atoms with van der Waals surface area (Å²) in [6, 6.07) is 20.4. The van der Waals surface area contributed by atoms with Gasteiger partial charge < -0.3 is 10.2 Å². The van der Waals surface area contributed by atoms with Crippen LogP contribution in [0.1, 0.15) is 55.9 Å². The fourth-order valence-corrected chi connectivity index (χ4v) is 6.06. The number of carbonyl (C=O) groups is 2. The number of hydrogen-bond donors (Lipinski definition) is 1. The Bertz CT molecular complexity index is 1420. The molecule has 0 saturated heterocycles. The first-order valence-corrected chi connectivity index (χ1v) is 15.2. The number of amides is 2. The van der Waals surface area contributed by atoms with Crippen molar-refractivity contribution in [1.29, 1.82) is 0 Å². The largest absolute Gasteiger partial charge is 0.352 e. The lowest BCUT2D eigenvalue weighted by Gasteiger charge is -2.34. The summed E-state index contributed by atoms with van der Waals surface area (Å²) in [5, 5.41) is 3.01. The molecular formula is C32H41N3O4S. The quantitative estimate of drug-likeness (QED) is 0.314. The van der Waals surface area contributed by atoms with Crippen molar-refractivity contribution < 1.29 is 18.0 Å². The van der Waals surface area contributed by atoms with Gasteiger partial charge >= 0.3 is 0 Å². The highest BCUT2D eigenvalue weighted by molar-refractivity contribution is 7.92. The fourth-order valence-electron chi connectivity index (χ4n) is 4.57. The molecule has 214 valence electrons. The van der Waals surface area contributed by atoms with Crippen LogP contribution in [-0.2, 0) is 26.2 Å². The van der Waals surface area contributed by atoms with Gasteiger partial charge in [0, 0.05) is 12.6 Å². The molecule has 3 aromatic rings. The number of nitrogens with one attached hydrogen (secondary N) is 1. The molecule has 0 aliphatic carbocycles. The Labute approximate surface area is 239 Å². The zero-order chi connectivity index (χ0) is 29.4. The number of nitrogens with zero attached hydrogens (tertiary/aromatic N) is 2. The maximum Gasteiger partial charge on any atom is 0.264 e. The van der Waals surface area contributed by atoms with Gasteiger partial charge in [-0.2, -0.15) is 0 Å². The third-order valence-corrected chi connectivity index (χ3v) is 9.22. The minimum atomic E-state index is -4.09. The van der Waals surface area contributed by atoms with E-state index in [1.165, 1.54) is 21.3 Å². The van der Waals surface area contributed by atoms with Crippen LogP contribution in [0.3, 0.4) is 0 Å². The summed E-state index contributed by atoms with van der Waals surface area (Å²) in [7, 11) is -4.09. The van der Waals surface area contributed by atoms with Gasteiger partial charge in [-0.25, -0.2) is 8.42 Å². The molecule has 1 N–H and O–H groups in total. The van der Waals surface area contributed by atoms with E-state index in [-0.39, 0.29) is 23.4 Å². The van der Waals surface area contributed by atoms with Gasteiger partial charge in [-0.1, -0.05) is 68.4 Å². The van der Waals surface area contributed by atoms with E-state index in [9.17, 15) is 18.0 Å². The van der Waals surface area contributed by atoms with Crippen LogP contribution in [0, 0.1) is 20.8 Å². The van der Waals surface area contributed by atoms with Crippen LogP contribution in [-0.4, -0.2) is 43.8 Å². The van der Waals surface area contributed by atoms with Gasteiger partial charge in [0.25, 0.3) is 10.0 Å². The zero-order valence-corrected chi connectivity index (χ0v) is 25.2. The highest BCUT2D eigenvalue weighted by atomic mass is 32.2. The highest BCUT2D eigenvalue weighted by Gasteiger charge is 2.34. The maximum absolute atomic E-state index is 14.2. The fraction of sp³-hybridized carbons (Fsp3) is 0.375. The second kappa shape index (κ2) is 13.6. The zero-order valence-electron chi connectivity index (χ0n) is 24.3. The molecule has 2 amide bonds. The summed E-state index contributed by atoms with van der Waals surface area (Å²) >= 11 is 0. The maximum atomic E-state index is 14.2. The Balaban J connectivity index is 2.10. The van der Waals surface area contributed by atoms with E-state index in [2.05, 4.69) is 5.32 Å². The Morgan fingerprint density at radius 1 is 0.825 bits per heavy atom. The van der Waals surface area contributed by atoms with Crippen LogP contribution < -0.4 is 9.62 Å². The first kappa shape index (κ1) is 30.9. The van der Waals surface area contributed by atoms with E-state index in [4.69, 9.17) is 0 Å². The minimum absolute atomic E-state index is 0.0538. The molecule has 0 aliphatic rings. The number of sulfonamides is 1. The molecule has 3 rings (SSSR count). The van der Waals surface area contributed by atoms with Crippen molar-refractivity contribution in [3.05, 3.63) is 95.1 Å². The molecule has 3 aromatic carbocycles. The van der Waals surface area contributed by atoms with Gasteiger partial charge in [0.05, 0.1) is 10.6 Å². The second-order valence-corrected chi connectivity index (χ2v) is 12.1. The number of anilines is 1. The predicted octanol–water partition coefficient (Wildman–Crippen LogP) is 5.53. The Hall–Kier alpha value is -3.65. The molecule has 7 nitrogen and oxygen atoms in total. The lowest BCUT2D eigenvalue weighted by molar-refractivity contribution is -0.140. The summed E-state index contributed by atoms with van der Waals surface area (Å²) in [5.41, 5.74) is 4.00. The molecule has 0 heterocycles. The van der Waals surface area contributed by atoms with Crippen molar-refractivity contribution in [3.8, 4) is 0 Å². The van der Waals surface area contributed by atoms with Gasteiger partial charge in [0.15, 0.2) is 0 Å². The summed E-state index contributed by atoms with van der Waals surface area (Å²) in [4.78, 5) is 29.2. The molecule has 0 radical (unpaired) electrons. The Morgan fingerprint density at radius 2 is 1.45 bits per heavy atom. The van der Waals surface area contributed by atoms with Gasteiger partial charge in [-0.15, -0.1) is 0 Å². The van der Waals surface area contributed by atoms with Crippen molar-refractivity contribution >= 4 is 27.5 Å². The van der Waals surface area contributed by atoms with Gasteiger partial charge in [0.2, 0.25) is 11.8 Å². The first-order valence-electron chi connectivity index (χ1n) is 13.8. The number of carbonyl (C=O) groups excluding carboxylic acids is 2. The molecule has 0 aromatic heterocycles. The molecule has 8 heteroatoms. The SMILES string of the molecule is CC[C@@H](C)NC(=O)[C@H](CC)N(Cc1ccccc1C)C(=O)CN(c1cccc(C)c1C)S(=O)(=O)c1ccccc1. The smallest absolute Gasteiger partial charge is 0.264 e. The number of rotatable bonds is 12. The monoisotopic (exact) mass is 563 g/mol. The lowest BCUT2D eigenvalue weighted by atomic mass is 10.1.